The maximum atomic E-state index is 12.2. The molecule has 2 rings (SSSR count). The van der Waals surface area contributed by atoms with Gasteiger partial charge in [0.25, 0.3) is 0 Å². The molecule has 4 nitrogen and oxygen atoms in total. The van der Waals surface area contributed by atoms with E-state index in [2.05, 4.69) is 24.5 Å². The third-order valence-electron chi connectivity index (χ3n) is 4.24. The van der Waals surface area contributed by atoms with Crippen LogP contribution in [0.1, 0.15) is 39.5 Å². The highest BCUT2D eigenvalue weighted by atomic mass is 16.5. The van der Waals surface area contributed by atoms with Crippen molar-refractivity contribution < 1.29 is 9.53 Å². The number of anilines is 1. The van der Waals surface area contributed by atoms with E-state index >= 15 is 0 Å². The van der Waals surface area contributed by atoms with Crippen LogP contribution in [0.4, 0.5) is 5.69 Å². The summed E-state index contributed by atoms with van der Waals surface area (Å²) in [5.74, 6) is 1.92. The minimum Gasteiger partial charge on any atom is -0.494 e. The summed E-state index contributed by atoms with van der Waals surface area (Å²) in [5, 5.41) is 6.41. The van der Waals surface area contributed by atoms with Gasteiger partial charge in [-0.2, -0.15) is 0 Å². The Labute approximate surface area is 133 Å². The van der Waals surface area contributed by atoms with Crippen molar-refractivity contribution in [3.05, 3.63) is 24.3 Å². The van der Waals surface area contributed by atoms with Crippen molar-refractivity contribution in [1.29, 1.82) is 0 Å². The van der Waals surface area contributed by atoms with E-state index in [9.17, 15) is 4.79 Å². The fraction of sp³-hybridized carbons (Fsp3) is 0.611. The van der Waals surface area contributed by atoms with E-state index in [-0.39, 0.29) is 5.91 Å². The molecule has 0 bridgehead atoms. The van der Waals surface area contributed by atoms with Crippen molar-refractivity contribution in [3.8, 4) is 5.75 Å². The van der Waals surface area contributed by atoms with Crippen LogP contribution in [-0.4, -0.2) is 25.6 Å². The highest BCUT2D eigenvalue weighted by Crippen LogP contribution is 2.23. The van der Waals surface area contributed by atoms with Gasteiger partial charge in [0.05, 0.1) is 6.61 Å². The first-order valence-corrected chi connectivity index (χ1v) is 8.42. The summed E-state index contributed by atoms with van der Waals surface area (Å²) < 4.78 is 5.59. The van der Waals surface area contributed by atoms with E-state index in [1.54, 1.807) is 0 Å². The number of benzene rings is 1. The Morgan fingerprint density at radius 3 is 3.09 bits per heavy atom. The molecule has 2 unspecified atom stereocenters. The standard InChI is InChI=1S/C18H28N2O2/c1-3-10-22-17-8-4-7-16(12-17)20-18(21)11-14(2)15-6-5-9-19-13-15/h4,7-8,12,14-15,19H,3,5-6,9-11,13H2,1-2H3,(H,20,21). The van der Waals surface area contributed by atoms with E-state index in [4.69, 9.17) is 4.74 Å². The lowest BCUT2D eigenvalue weighted by atomic mass is 9.85. The minimum absolute atomic E-state index is 0.0886. The Morgan fingerprint density at radius 1 is 1.50 bits per heavy atom. The second kappa shape index (κ2) is 8.79. The monoisotopic (exact) mass is 304 g/mol. The SMILES string of the molecule is CCCOc1cccc(NC(=O)CC(C)C2CCCNC2)c1. The van der Waals surface area contributed by atoms with Crippen LogP contribution in [0.15, 0.2) is 24.3 Å². The van der Waals surface area contributed by atoms with Crippen molar-refractivity contribution in [3.63, 3.8) is 0 Å². The van der Waals surface area contributed by atoms with Crippen LogP contribution < -0.4 is 15.4 Å². The van der Waals surface area contributed by atoms with E-state index in [0.29, 0.717) is 24.9 Å². The number of carbonyl (C=O) groups is 1. The second-order valence-electron chi connectivity index (χ2n) is 6.21. The molecule has 122 valence electrons. The maximum Gasteiger partial charge on any atom is 0.224 e. The molecule has 0 aromatic heterocycles. The first-order valence-electron chi connectivity index (χ1n) is 8.42. The minimum atomic E-state index is 0.0886. The molecular formula is C18H28N2O2. The molecule has 4 heteroatoms. The molecule has 1 fully saturated rings. The lowest BCUT2D eigenvalue weighted by Crippen LogP contribution is -2.34. The van der Waals surface area contributed by atoms with Crippen molar-refractivity contribution in [2.75, 3.05) is 25.0 Å². The molecule has 0 radical (unpaired) electrons. The Balaban J connectivity index is 1.83. The van der Waals surface area contributed by atoms with E-state index < -0.39 is 0 Å². The number of hydrogen-bond acceptors (Lipinski definition) is 3. The van der Waals surface area contributed by atoms with Gasteiger partial charge in [-0.3, -0.25) is 4.79 Å². The molecule has 0 aliphatic carbocycles. The highest BCUT2D eigenvalue weighted by Gasteiger charge is 2.22. The van der Waals surface area contributed by atoms with Gasteiger partial charge in [0.15, 0.2) is 0 Å². The largest absolute Gasteiger partial charge is 0.494 e. The molecule has 1 aliphatic rings. The summed E-state index contributed by atoms with van der Waals surface area (Å²) in [5.41, 5.74) is 0.813. The third-order valence-corrected chi connectivity index (χ3v) is 4.24. The smallest absolute Gasteiger partial charge is 0.224 e. The van der Waals surface area contributed by atoms with Crippen molar-refractivity contribution in [2.24, 2.45) is 11.8 Å². The number of piperidine rings is 1. The maximum absolute atomic E-state index is 12.2. The molecule has 0 spiro atoms. The molecule has 1 aromatic rings. The number of ether oxygens (including phenoxy) is 1. The first kappa shape index (κ1) is 16.8. The number of nitrogens with one attached hydrogen (secondary N) is 2. The first-order chi connectivity index (χ1) is 10.7. The van der Waals surface area contributed by atoms with Crippen LogP contribution in [0.25, 0.3) is 0 Å². The van der Waals surface area contributed by atoms with Crippen LogP contribution >= 0.6 is 0 Å². The molecule has 1 amide bonds. The van der Waals surface area contributed by atoms with Crippen LogP contribution in [0.5, 0.6) is 5.75 Å². The van der Waals surface area contributed by atoms with Crippen LogP contribution in [0, 0.1) is 11.8 Å². The lowest BCUT2D eigenvalue weighted by Gasteiger charge is -2.28. The van der Waals surface area contributed by atoms with Crippen LogP contribution in [-0.2, 0) is 4.79 Å². The molecule has 2 atom stereocenters. The van der Waals surface area contributed by atoms with Gasteiger partial charge in [-0.15, -0.1) is 0 Å². The quantitative estimate of drug-likeness (QED) is 0.811. The van der Waals surface area contributed by atoms with E-state index in [0.717, 1.165) is 30.9 Å². The molecule has 2 N–H and O–H groups in total. The molecule has 1 saturated heterocycles. The van der Waals surface area contributed by atoms with Crippen LogP contribution in [0.2, 0.25) is 0 Å². The summed E-state index contributed by atoms with van der Waals surface area (Å²) in [6.45, 7) is 7.10. The van der Waals surface area contributed by atoms with Crippen molar-refractivity contribution in [2.45, 2.75) is 39.5 Å². The van der Waals surface area contributed by atoms with Crippen molar-refractivity contribution >= 4 is 11.6 Å². The highest BCUT2D eigenvalue weighted by molar-refractivity contribution is 5.91. The molecule has 22 heavy (non-hydrogen) atoms. The molecule has 1 heterocycles. The Morgan fingerprint density at radius 2 is 2.36 bits per heavy atom. The number of rotatable bonds is 7. The Kier molecular flexibility index (Phi) is 6.72. The van der Waals surface area contributed by atoms with Gasteiger partial charge in [0, 0.05) is 18.2 Å². The predicted molar refractivity (Wildman–Crippen MR) is 90.2 cm³/mol. The summed E-state index contributed by atoms with van der Waals surface area (Å²) in [7, 11) is 0. The predicted octanol–water partition coefficient (Wildman–Crippen LogP) is 3.44. The third kappa shape index (κ3) is 5.34. The fourth-order valence-corrected chi connectivity index (χ4v) is 2.92. The summed E-state index contributed by atoms with van der Waals surface area (Å²) in [6.07, 6.45) is 3.99. The lowest BCUT2D eigenvalue weighted by molar-refractivity contribution is -0.117. The molecule has 1 aromatic carbocycles. The zero-order valence-electron chi connectivity index (χ0n) is 13.7. The average molecular weight is 304 g/mol. The number of hydrogen-bond donors (Lipinski definition) is 2. The second-order valence-corrected chi connectivity index (χ2v) is 6.21. The zero-order valence-corrected chi connectivity index (χ0v) is 13.7. The molecular weight excluding hydrogens is 276 g/mol. The average Bonchev–Trinajstić information content (AvgIpc) is 2.54. The number of carbonyl (C=O) groups excluding carboxylic acids is 1. The summed E-state index contributed by atoms with van der Waals surface area (Å²) in [4.78, 5) is 12.2. The van der Waals surface area contributed by atoms with E-state index in [1.165, 1.54) is 12.8 Å². The van der Waals surface area contributed by atoms with Gasteiger partial charge in [-0.1, -0.05) is 19.9 Å². The fourth-order valence-electron chi connectivity index (χ4n) is 2.92. The van der Waals surface area contributed by atoms with Crippen LogP contribution in [0.3, 0.4) is 0 Å². The van der Waals surface area contributed by atoms with Gasteiger partial charge in [-0.05, 0) is 56.3 Å². The van der Waals surface area contributed by atoms with Gasteiger partial charge in [0.1, 0.15) is 5.75 Å². The molecule has 1 aliphatic heterocycles. The van der Waals surface area contributed by atoms with Gasteiger partial charge >= 0.3 is 0 Å². The number of amides is 1. The summed E-state index contributed by atoms with van der Waals surface area (Å²) in [6, 6.07) is 7.63. The normalized spacial score (nSPS) is 19.5. The Hall–Kier alpha value is -1.55. The Bertz CT molecular complexity index is 470. The van der Waals surface area contributed by atoms with Gasteiger partial charge < -0.3 is 15.4 Å². The zero-order chi connectivity index (χ0) is 15.8. The molecule has 0 saturated carbocycles. The van der Waals surface area contributed by atoms with Gasteiger partial charge in [-0.25, -0.2) is 0 Å². The van der Waals surface area contributed by atoms with Gasteiger partial charge in [0.2, 0.25) is 5.91 Å². The summed E-state index contributed by atoms with van der Waals surface area (Å²) >= 11 is 0. The van der Waals surface area contributed by atoms with E-state index in [1.807, 2.05) is 24.3 Å². The van der Waals surface area contributed by atoms with Crippen molar-refractivity contribution in [1.82, 2.24) is 5.32 Å². The topological polar surface area (TPSA) is 50.4 Å².